The number of hydrogen-bond donors (Lipinski definition) is 2. The zero-order chi connectivity index (χ0) is 20.0. The van der Waals surface area contributed by atoms with Crippen LogP contribution < -0.4 is 15.4 Å². The van der Waals surface area contributed by atoms with Crippen LogP contribution in [0.3, 0.4) is 0 Å². The number of amides is 2. The van der Waals surface area contributed by atoms with Gasteiger partial charge < -0.3 is 15.4 Å². The topological polar surface area (TPSA) is 111 Å². The Morgan fingerprint density at radius 3 is 2.37 bits per heavy atom. The minimum Gasteiger partial charge on any atom is -0.497 e. The summed E-state index contributed by atoms with van der Waals surface area (Å²) in [7, 11) is 1.41. The molecule has 0 aliphatic heterocycles. The van der Waals surface area contributed by atoms with E-state index in [-0.39, 0.29) is 23.2 Å². The van der Waals surface area contributed by atoms with Crippen LogP contribution >= 0.6 is 0 Å². The lowest BCUT2D eigenvalue weighted by Gasteiger charge is -2.12. The fourth-order valence-electron chi connectivity index (χ4n) is 2.30. The Balaban J connectivity index is 2.17. The summed E-state index contributed by atoms with van der Waals surface area (Å²) in [5.41, 5.74) is 0.439. The molecule has 0 heterocycles. The van der Waals surface area contributed by atoms with Crippen molar-refractivity contribution >= 4 is 23.2 Å². The van der Waals surface area contributed by atoms with E-state index in [1.165, 1.54) is 25.3 Å². The first kappa shape index (κ1) is 19.9. The lowest BCUT2D eigenvalue weighted by molar-refractivity contribution is -0.385. The van der Waals surface area contributed by atoms with Gasteiger partial charge in [-0.05, 0) is 49.7 Å². The van der Waals surface area contributed by atoms with Crippen LogP contribution in [0.25, 0.3) is 0 Å². The highest BCUT2D eigenvalue weighted by molar-refractivity contribution is 6.07. The number of benzene rings is 2. The second-order valence-corrected chi connectivity index (χ2v) is 5.95. The number of rotatable bonds is 7. The molecule has 27 heavy (non-hydrogen) atoms. The molecule has 0 radical (unpaired) electrons. The average molecular weight is 371 g/mol. The largest absolute Gasteiger partial charge is 0.497 e. The van der Waals surface area contributed by atoms with Crippen LogP contribution in [-0.2, 0) is 0 Å². The Bertz CT molecular complexity index is 849. The monoisotopic (exact) mass is 371 g/mol. The van der Waals surface area contributed by atoms with E-state index in [0.717, 1.165) is 6.42 Å². The molecule has 2 aromatic rings. The van der Waals surface area contributed by atoms with Crippen molar-refractivity contribution < 1.29 is 19.2 Å². The van der Waals surface area contributed by atoms with Crippen molar-refractivity contribution in [3.63, 3.8) is 0 Å². The van der Waals surface area contributed by atoms with Crippen molar-refractivity contribution in [2.24, 2.45) is 0 Å². The Morgan fingerprint density at radius 2 is 1.81 bits per heavy atom. The van der Waals surface area contributed by atoms with Crippen LogP contribution in [0.1, 0.15) is 41.0 Å². The van der Waals surface area contributed by atoms with Gasteiger partial charge in [-0.1, -0.05) is 6.92 Å². The highest BCUT2D eigenvalue weighted by Crippen LogP contribution is 2.25. The number of nitrogens with one attached hydrogen (secondary N) is 2. The molecule has 2 N–H and O–H groups in total. The molecule has 1 atom stereocenters. The van der Waals surface area contributed by atoms with Crippen LogP contribution in [0, 0.1) is 10.1 Å². The van der Waals surface area contributed by atoms with Crippen LogP contribution in [0.5, 0.6) is 5.75 Å². The van der Waals surface area contributed by atoms with Gasteiger partial charge in [0.2, 0.25) is 0 Å². The predicted molar refractivity (Wildman–Crippen MR) is 101 cm³/mol. The highest BCUT2D eigenvalue weighted by atomic mass is 16.6. The fourth-order valence-corrected chi connectivity index (χ4v) is 2.30. The predicted octanol–water partition coefficient (Wildman–Crippen LogP) is 3.38. The third kappa shape index (κ3) is 5.04. The first-order chi connectivity index (χ1) is 12.8. The molecule has 2 amide bonds. The molecule has 0 aliphatic carbocycles. The van der Waals surface area contributed by atoms with E-state index in [1.807, 2.05) is 13.8 Å². The standard InChI is InChI=1S/C19H21N3O5/c1-4-12(2)20-18(23)13-5-7-14(8-6-13)21-19(24)16-11-15(27-3)9-10-17(16)22(25)26/h5-12H,4H2,1-3H3,(H,20,23)(H,21,24). The van der Waals surface area contributed by atoms with E-state index in [4.69, 9.17) is 4.74 Å². The highest BCUT2D eigenvalue weighted by Gasteiger charge is 2.21. The quantitative estimate of drug-likeness (QED) is 0.572. The van der Waals surface area contributed by atoms with E-state index in [0.29, 0.717) is 17.0 Å². The number of nitrogens with zero attached hydrogens (tertiary/aromatic N) is 1. The van der Waals surface area contributed by atoms with Crippen molar-refractivity contribution in [2.75, 3.05) is 12.4 Å². The molecular formula is C19H21N3O5. The summed E-state index contributed by atoms with van der Waals surface area (Å²) in [5.74, 6) is -0.508. The zero-order valence-corrected chi connectivity index (χ0v) is 15.3. The van der Waals surface area contributed by atoms with Crippen LogP contribution in [0.4, 0.5) is 11.4 Å². The third-order valence-corrected chi connectivity index (χ3v) is 4.04. The zero-order valence-electron chi connectivity index (χ0n) is 15.3. The van der Waals surface area contributed by atoms with Crippen LogP contribution in [-0.4, -0.2) is 29.9 Å². The second-order valence-electron chi connectivity index (χ2n) is 5.95. The Morgan fingerprint density at radius 1 is 1.15 bits per heavy atom. The van der Waals surface area contributed by atoms with Gasteiger partial charge in [0.15, 0.2) is 0 Å². The SMILES string of the molecule is CCC(C)NC(=O)c1ccc(NC(=O)c2cc(OC)ccc2[N+](=O)[O-])cc1. The maximum atomic E-state index is 12.5. The molecule has 0 aliphatic rings. The number of carbonyl (C=O) groups excluding carboxylic acids is 2. The molecule has 8 nitrogen and oxygen atoms in total. The summed E-state index contributed by atoms with van der Waals surface area (Å²) in [6.07, 6.45) is 0.819. The number of nitro benzene ring substituents is 1. The fraction of sp³-hybridized carbons (Fsp3) is 0.263. The van der Waals surface area contributed by atoms with Crippen molar-refractivity contribution in [2.45, 2.75) is 26.3 Å². The Kier molecular flexibility index (Phi) is 6.48. The first-order valence-corrected chi connectivity index (χ1v) is 8.40. The molecule has 0 fully saturated rings. The van der Waals surface area contributed by atoms with E-state index in [2.05, 4.69) is 10.6 Å². The van der Waals surface area contributed by atoms with Gasteiger partial charge in [0.25, 0.3) is 17.5 Å². The molecule has 0 saturated carbocycles. The van der Waals surface area contributed by atoms with Crippen molar-refractivity contribution in [1.82, 2.24) is 5.32 Å². The number of hydrogen-bond acceptors (Lipinski definition) is 5. The second kappa shape index (κ2) is 8.79. The molecule has 0 saturated heterocycles. The van der Waals surface area contributed by atoms with Gasteiger partial charge in [-0.3, -0.25) is 19.7 Å². The lowest BCUT2D eigenvalue weighted by atomic mass is 10.1. The summed E-state index contributed by atoms with van der Waals surface area (Å²) in [5, 5.41) is 16.6. The minimum absolute atomic E-state index is 0.0606. The summed E-state index contributed by atoms with van der Waals surface area (Å²) >= 11 is 0. The van der Waals surface area contributed by atoms with E-state index >= 15 is 0 Å². The lowest BCUT2D eigenvalue weighted by Crippen LogP contribution is -2.31. The van der Waals surface area contributed by atoms with Crippen LogP contribution in [0.15, 0.2) is 42.5 Å². The molecule has 0 aromatic heterocycles. The molecule has 2 rings (SSSR count). The van der Waals surface area contributed by atoms with Gasteiger partial charge in [-0.25, -0.2) is 0 Å². The molecule has 8 heteroatoms. The van der Waals surface area contributed by atoms with E-state index < -0.39 is 10.8 Å². The molecule has 0 bridgehead atoms. The molecule has 2 aromatic carbocycles. The minimum atomic E-state index is -0.641. The average Bonchev–Trinajstić information content (AvgIpc) is 2.67. The Hall–Kier alpha value is -3.42. The normalized spacial score (nSPS) is 11.4. The van der Waals surface area contributed by atoms with Crippen molar-refractivity contribution in [3.05, 3.63) is 63.7 Å². The maximum absolute atomic E-state index is 12.5. The maximum Gasteiger partial charge on any atom is 0.282 e. The van der Waals surface area contributed by atoms with Gasteiger partial charge in [0.05, 0.1) is 12.0 Å². The smallest absolute Gasteiger partial charge is 0.282 e. The summed E-state index contributed by atoms with van der Waals surface area (Å²) < 4.78 is 5.03. The third-order valence-electron chi connectivity index (χ3n) is 4.04. The number of methoxy groups -OCH3 is 1. The van der Waals surface area contributed by atoms with Gasteiger partial charge >= 0.3 is 0 Å². The first-order valence-electron chi connectivity index (χ1n) is 8.40. The summed E-state index contributed by atoms with van der Waals surface area (Å²) in [6, 6.07) is 10.3. The van der Waals surface area contributed by atoms with E-state index in [1.54, 1.807) is 24.3 Å². The van der Waals surface area contributed by atoms with Crippen molar-refractivity contribution in [3.8, 4) is 5.75 Å². The van der Waals surface area contributed by atoms with Crippen LogP contribution in [0.2, 0.25) is 0 Å². The molecular weight excluding hydrogens is 350 g/mol. The number of nitro groups is 1. The van der Waals surface area contributed by atoms with Crippen molar-refractivity contribution in [1.29, 1.82) is 0 Å². The number of carbonyl (C=O) groups is 2. The van der Waals surface area contributed by atoms with E-state index in [9.17, 15) is 19.7 Å². The van der Waals surface area contributed by atoms with Gasteiger partial charge in [0.1, 0.15) is 11.3 Å². The number of ether oxygens (including phenoxy) is 1. The molecule has 142 valence electrons. The summed E-state index contributed by atoms with van der Waals surface area (Å²) in [6.45, 7) is 3.88. The van der Waals surface area contributed by atoms with Gasteiger partial charge in [0, 0.05) is 23.4 Å². The Labute approximate surface area is 156 Å². The van der Waals surface area contributed by atoms with Gasteiger partial charge in [-0.2, -0.15) is 0 Å². The molecule has 0 spiro atoms. The number of anilines is 1. The van der Waals surface area contributed by atoms with Gasteiger partial charge in [-0.15, -0.1) is 0 Å². The molecule has 1 unspecified atom stereocenters. The summed E-state index contributed by atoms with van der Waals surface area (Å²) in [4.78, 5) is 35.1.